The molecule has 0 unspecified atom stereocenters. The number of hydrogen-bond acceptors (Lipinski definition) is 4. The second-order valence-electron chi connectivity index (χ2n) is 8.54. The van der Waals surface area contributed by atoms with Gasteiger partial charge in [0.25, 0.3) is 0 Å². The fraction of sp³-hybridized carbons (Fsp3) is 0.440. The van der Waals surface area contributed by atoms with Crippen molar-refractivity contribution >= 4 is 50.7 Å². The third-order valence-electron chi connectivity index (χ3n) is 5.70. The summed E-state index contributed by atoms with van der Waals surface area (Å²) in [5.74, 6) is -0.515. The number of rotatable bonds is 12. The molecule has 2 aromatic carbocycles. The highest BCUT2D eigenvalue weighted by Crippen LogP contribution is 2.24. The molecule has 2 rings (SSSR count). The van der Waals surface area contributed by atoms with Gasteiger partial charge in [-0.3, -0.25) is 13.9 Å². The lowest BCUT2D eigenvalue weighted by Crippen LogP contribution is -2.49. The molecular formula is C25H33Cl2N3O4S. The van der Waals surface area contributed by atoms with Crippen molar-refractivity contribution in [2.45, 2.75) is 58.7 Å². The molecule has 10 heteroatoms. The highest BCUT2D eigenvalue weighted by molar-refractivity contribution is 7.92. The quantitative estimate of drug-likeness (QED) is 0.415. The van der Waals surface area contributed by atoms with Gasteiger partial charge in [0, 0.05) is 25.6 Å². The first-order valence-corrected chi connectivity index (χ1v) is 14.1. The lowest BCUT2D eigenvalue weighted by molar-refractivity contribution is -0.140. The number of nitrogens with zero attached hydrogens (tertiary/aromatic N) is 2. The maximum atomic E-state index is 13.3. The van der Waals surface area contributed by atoms with Crippen LogP contribution in [0.3, 0.4) is 0 Å². The number of nitrogens with one attached hydrogen (secondary N) is 1. The zero-order valence-electron chi connectivity index (χ0n) is 20.5. The summed E-state index contributed by atoms with van der Waals surface area (Å²) in [7, 11) is -3.52. The second-order valence-corrected chi connectivity index (χ2v) is 11.3. The minimum absolute atomic E-state index is 0.0268. The molecule has 0 aliphatic rings. The minimum Gasteiger partial charge on any atom is -0.352 e. The molecule has 0 aromatic heterocycles. The third-order valence-corrected chi connectivity index (χ3v) is 7.63. The molecule has 0 aliphatic heterocycles. The van der Waals surface area contributed by atoms with Crippen molar-refractivity contribution in [3.05, 3.63) is 64.1 Å². The summed E-state index contributed by atoms with van der Waals surface area (Å²) in [5, 5.41) is 3.68. The Balaban J connectivity index is 2.18. The third kappa shape index (κ3) is 8.70. The van der Waals surface area contributed by atoms with E-state index in [1.54, 1.807) is 55.5 Å². The van der Waals surface area contributed by atoms with Crippen LogP contribution in [0.2, 0.25) is 10.0 Å². The Morgan fingerprint density at radius 1 is 1.03 bits per heavy atom. The van der Waals surface area contributed by atoms with E-state index in [9.17, 15) is 18.0 Å². The average molecular weight is 543 g/mol. The van der Waals surface area contributed by atoms with Gasteiger partial charge in [-0.25, -0.2) is 8.42 Å². The highest BCUT2D eigenvalue weighted by atomic mass is 35.5. The Morgan fingerprint density at radius 2 is 1.69 bits per heavy atom. The number of para-hydroxylation sites is 1. The molecule has 1 N–H and O–H groups in total. The fourth-order valence-corrected chi connectivity index (χ4v) is 4.77. The van der Waals surface area contributed by atoms with Gasteiger partial charge in [0.15, 0.2) is 0 Å². The van der Waals surface area contributed by atoms with Crippen LogP contribution in [0.5, 0.6) is 0 Å². The van der Waals surface area contributed by atoms with Crippen molar-refractivity contribution in [1.29, 1.82) is 0 Å². The lowest BCUT2D eigenvalue weighted by atomic mass is 10.1. The molecule has 35 heavy (non-hydrogen) atoms. The molecule has 0 saturated heterocycles. The summed E-state index contributed by atoms with van der Waals surface area (Å²) in [6, 6.07) is 13.1. The van der Waals surface area contributed by atoms with Crippen LogP contribution >= 0.6 is 23.2 Å². The molecule has 0 spiro atoms. The van der Waals surface area contributed by atoms with Crippen molar-refractivity contribution < 1.29 is 18.0 Å². The van der Waals surface area contributed by atoms with Gasteiger partial charge in [-0.1, -0.05) is 54.4 Å². The van der Waals surface area contributed by atoms with Gasteiger partial charge in [-0.05, 0) is 56.5 Å². The molecule has 2 atom stereocenters. The molecule has 0 bridgehead atoms. The molecule has 0 heterocycles. The normalized spacial score (nSPS) is 13.1. The highest BCUT2D eigenvalue weighted by Gasteiger charge is 2.27. The summed E-state index contributed by atoms with van der Waals surface area (Å²) in [6.45, 7) is 5.86. The van der Waals surface area contributed by atoms with Gasteiger partial charge in [0.2, 0.25) is 21.8 Å². The largest absolute Gasteiger partial charge is 0.352 e. The first-order chi connectivity index (χ1) is 16.4. The van der Waals surface area contributed by atoms with E-state index in [1.807, 2.05) is 13.8 Å². The van der Waals surface area contributed by atoms with Gasteiger partial charge in [0.1, 0.15) is 6.04 Å². The van der Waals surface area contributed by atoms with Crippen LogP contribution in [0.25, 0.3) is 0 Å². The number of halogens is 2. The number of hydrogen-bond donors (Lipinski definition) is 1. The molecule has 0 saturated carbocycles. The van der Waals surface area contributed by atoms with E-state index in [-0.39, 0.29) is 37.4 Å². The summed E-state index contributed by atoms with van der Waals surface area (Å²) in [5.41, 5.74) is 1.27. The van der Waals surface area contributed by atoms with Crippen molar-refractivity contribution in [3.8, 4) is 0 Å². The monoisotopic (exact) mass is 541 g/mol. The summed E-state index contributed by atoms with van der Waals surface area (Å²) in [4.78, 5) is 27.6. The standard InChI is InChI=1S/C25H33Cl2N3O4S/c1-5-18(2)28-25(32)19(3)29(17-20-13-14-22(26)23(27)16-20)24(31)12-9-15-30(35(4,33)34)21-10-7-6-8-11-21/h6-8,10-11,13-14,16,18-19H,5,9,12,15,17H2,1-4H3,(H,28,32)/t18-,19+/m1/s1. The van der Waals surface area contributed by atoms with Gasteiger partial charge in [0.05, 0.1) is 22.0 Å². The average Bonchev–Trinajstić information content (AvgIpc) is 2.81. The number of anilines is 1. The summed E-state index contributed by atoms with van der Waals surface area (Å²) in [6.07, 6.45) is 2.26. The first-order valence-electron chi connectivity index (χ1n) is 11.5. The smallest absolute Gasteiger partial charge is 0.242 e. The molecule has 0 aliphatic carbocycles. The molecule has 7 nitrogen and oxygen atoms in total. The topological polar surface area (TPSA) is 86.8 Å². The molecular weight excluding hydrogens is 509 g/mol. The Morgan fingerprint density at radius 3 is 2.26 bits per heavy atom. The Kier molecular flexibility index (Phi) is 10.9. The van der Waals surface area contributed by atoms with Gasteiger partial charge >= 0.3 is 0 Å². The van der Waals surface area contributed by atoms with E-state index < -0.39 is 16.1 Å². The van der Waals surface area contributed by atoms with Crippen LogP contribution in [0.15, 0.2) is 48.5 Å². The molecule has 0 radical (unpaired) electrons. The number of benzene rings is 2. The zero-order valence-corrected chi connectivity index (χ0v) is 22.8. The number of carbonyl (C=O) groups is 2. The van der Waals surface area contributed by atoms with Crippen LogP contribution in [0, 0.1) is 0 Å². The predicted octanol–water partition coefficient (Wildman–Crippen LogP) is 4.87. The van der Waals surface area contributed by atoms with Gasteiger partial charge in [-0.15, -0.1) is 0 Å². The number of carbonyl (C=O) groups excluding carboxylic acids is 2. The Hall–Kier alpha value is -2.29. The number of sulfonamides is 1. The SMILES string of the molecule is CC[C@@H](C)NC(=O)[C@H](C)N(Cc1ccc(Cl)c(Cl)c1)C(=O)CCCN(c1ccccc1)S(C)(=O)=O. The van der Waals surface area contributed by atoms with E-state index in [0.29, 0.717) is 22.2 Å². The molecule has 2 aromatic rings. The van der Waals surface area contributed by atoms with Crippen LogP contribution in [-0.2, 0) is 26.2 Å². The van der Waals surface area contributed by atoms with Crippen LogP contribution in [0.1, 0.15) is 45.6 Å². The first kappa shape index (κ1) is 28.9. The van der Waals surface area contributed by atoms with E-state index in [1.165, 1.54) is 9.21 Å². The summed E-state index contributed by atoms with van der Waals surface area (Å²) < 4.78 is 25.9. The van der Waals surface area contributed by atoms with E-state index in [0.717, 1.165) is 18.2 Å². The van der Waals surface area contributed by atoms with Gasteiger partial charge in [-0.2, -0.15) is 0 Å². The van der Waals surface area contributed by atoms with E-state index >= 15 is 0 Å². The minimum atomic E-state index is -3.52. The number of amides is 2. The molecule has 2 amide bonds. The molecule has 192 valence electrons. The van der Waals surface area contributed by atoms with Crippen LogP contribution < -0.4 is 9.62 Å². The van der Waals surface area contributed by atoms with E-state index in [4.69, 9.17) is 23.2 Å². The Labute approximate surface area is 218 Å². The van der Waals surface area contributed by atoms with Crippen molar-refractivity contribution in [2.75, 3.05) is 17.1 Å². The van der Waals surface area contributed by atoms with Crippen molar-refractivity contribution in [1.82, 2.24) is 10.2 Å². The summed E-state index contributed by atoms with van der Waals surface area (Å²) >= 11 is 12.2. The van der Waals surface area contributed by atoms with Crippen LogP contribution in [-0.4, -0.2) is 50.0 Å². The zero-order chi connectivity index (χ0) is 26.2. The van der Waals surface area contributed by atoms with Gasteiger partial charge < -0.3 is 10.2 Å². The maximum Gasteiger partial charge on any atom is 0.242 e. The van der Waals surface area contributed by atoms with Crippen LogP contribution in [0.4, 0.5) is 5.69 Å². The van der Waals surface area contributed by atoms with Crippen molar-refractivity contribution in [2.24, 2.45) is 0 Å². The van der Waals surface area contributed by atoms with Crippen molar-refractivity contribution in [3.63, 3.8) is 0 Å². The maximum absolute atomic E-state index is 13.3. The second kappa shape index (κ2) is 13.1. The predicted molar refractivity (Wildman–Crippen MR) is 142 cm³/mol. The lowest BCUT2D eigenvalue weighted by Gasteiger charge is -2.30. The fourth-order valence-electron chi connectivity index (χ4n) is 3.48. The van der Waals surface area contributed by atoms with E-state index in [2.05, 4.69) is 5.32 Å². The Bertz CT molecular complexity index is 1110. The molecule has 0 fully saturated rings.